The second-order valence-electron chi connectivity index (χ2n) is 5.54. The van der Waals surface area contributed by atoms with Gasteiger partial charge in [-0.1, -0.05) is 39.7 Å². The van der Waals surface area contributed by atoms with Crippen LogP contribution in [0.25, 0.3) is 0 Å². The molecule has 1 aliphatic carbocycles. The zero-order valence-corrected chi connectivity index (χ0v) is 15.8. The maximum atomic E-state index is 12.4. The van der Waals surface area contributed by atoms with E-state index in [2.05, 4.69) is 15.9 Å². The van der Waals surface area contributed by atoms with Gasteiger partial charge in [0.25, 0.3) is 10.1 Å². The molecule has 2 rings (SSSR count). The lowest BCUT2D eigenvalue weighted by Crippen LogP contribution is -2.47. The van der Waals surface area contributed by atoms with Gasteiger partial charge in [-0.05, 0) is 26.0 Å². The Morgan fingerprint density at radius 1 is 1.33 bits per heavy atom. The number of carbonyl (C=O) groups is 1. The van der Waals surface area contributed by atoms with Gasteiger partial charge in [0.15, 0.2) is 0 Å². The Balaban J connectivity index is 2.20. The van der Waals surface area contributed by atoms with Crippen LogP contribution in [-0.2, 0) is 23.8 Å². The molecule has 6 nitrogen and oxygen atoms in total. The molecule has 0 aromatic heterocycles. The fraction of sp³-hybridized carbons (Fsp3) is 0.438. The SMILES string of the molecule is CCOC(=O)C1=C[C@@H](Br)[C@H](N)[C@H](OS(=O)(=O)c2ccc(C)cc2)C1. The van der Waals surface area contributed by atoms with Gasteiger partial charge in [-0.3, -0.25) is 4.18 Å². The predicted octanol–water partition coefficient (Wildman–Crippen LogP) is 2.05. The summed E-state index contributed by atoms with van der Waals surface area (Å²) < 4.78 is 35.2. The second-order valence-corrected chi connectivity index (χ2v) is 8.17. The van der Waals surface area contributed by atoms with Gasteiger partial charge >= 0.3 is 5.97 Å². The fourth-order valence-electron chi connectivity index (χ4n) is 2.33. The molecule has 132 valence electrons. The lowest BCUT2D eigenvalue weighted by atomic mass is 9.93. The number of nitrogens with two attached hydrogens (primary N) is 1. The Kier molecular flexibility index (Phi) is 6.19. The number of esters is 1. The summed E-state index contributed by atoms with van der Waals surface area (Å²) in [6, 6.07) is 5.73. The van der Waals surface area contributed by atoms with E-state index >= 15 is 0 Å². The highest BCUT2D eigenvalue weighted by atomic mass is 79.9. The lowest BCUT2D eigenvalue weighted by Gasteiger charge is -2.30. The van der Waals surface area contributed by atoms with Gasteiger partial charge in [-0.15, -0.1) is 0 Å². The Bertz CT molecular complexity index is 729. The van der Waals surface area contributed by atoms with Gasteiger partial charge in [0.05, 0.1) is 22.4 Å². The topological polar surface area (TPSA) is 95.7 Å². The van der Waals surface area contributed by atoms with Crippen molar-refractivity contribution in [3.8, 4) is 0 Å². The van der Waals surface area contributed by atoms with Gasteiger partial charge in [-0.2, -0.15) is 8.42 Å². The number of hydrogen-bond acceptors (Lipinski definition) is 6. The molecule has 0 aliphatic heterocycles. The Labute approximate surface area is 150 Å². The van der Waals surface area contributed by atoms with E-state index in [4.69, 9.17) is 14.7 Å². The lowest BCUT2D eigenvalue weighted by molar-refractivity contribution is -0.139. The van der Waals surface area contributed by atoms with Crippen LogP contribution >= 0.6 is 15.9 Å². The van der Waals surface area contributed by atoms with Crippen LogP contribution in [0.3, 0.4) is 0 Å². The zero-order valence-electron chi connectivity index (χ0n) is 13.4. The highest BCUT2D eigenvalue weighted by Gasteiger charge is 2.36. The van der Waals surface area contributed by atoms with Crippen molar-refractivity contribution in [1.29, 1.82) is 0 Å². The highest BCUT2D eigenvalue weighted by Crippen LogP contribution is 2.28. The molecule has 0 amide bonds. The molecule has 8 heteroatoms. The summed E-state index contributed by atoms with van der Waals surface area (Å²) in [5.41, 5.74) is 7.33. The number of alkyl halides is 1. The molecule has 0 bridgehead atoms. The molecule has 24 heavy (non-hydrogen) atoms. The second kappa shape index (κ2) is 7.77. The van der Waals surface area contributed by atoms with Gasteiger partial charge < -0.3 is 10.5 Å². The molecule has 2 N–H and O–H groups in total. The largest absolute Gasteiger partial charge is 0.463 e. The third-order valence-electron chi connectivity index (χ3n) is 3.68. The van der Waals surface area contributed by atoms with Crippen LogP contribution < -0.4 is 5.73 Å². The van der Waals surface area contributed by atoms with Crippen molar-refractivity contribution in [3.63, 3.8) is 0 Å². The van der Waals surface area contributed by atoms with Crippen LogP contribution in [0.4, 0.5) is 0 Å². The smallest absolute Gasteiger partial charge is 0.333 e. The first-order valence-corrected chi connectivity index (χ1v) is 9.84. The molecule has 3 atom stereocenters. The normalized spacial score (nSPS) is 24.3. The fourth-order valence-corrected chi connectivity index (χ4v) is 4.09. The van der Waals surface area contributed by atoms with Crippen molar-refractivity contribution in [1.82, 2.24) is 0 Å². The average Bonchev–Trinajstić information content (AvgIpc) is 2.52. The number of carbonyl (C=O) groups excluding carboxylic acids is 1. The summed E-state index contributed by atoms with van der Waals surface area (Å²) in [6.07, 6.45) is 0.860. The molecule has 0 saturated carbocycles. The number of benzene rings is 1. The summed E-state index contributed by atoms with van der Waals surface area (Å²) in [4.78, 5) is 11.6. The minimum atomic E-state index is -3.97. The van der Waals surface area contributed by atoms with Crippen molar-refractivity contribution in [2.24, 2.45) is 5.73 Å². The quantitative estimate of drug-likeness (QED) is 0.447. The van der Waals surface area contributed by atoms with Crippen LogP contribution in [0.2, 0.25) is 0 Å². The molecule has 0 saturated heterocycles. The Hall–Kier alpha value is -1.22. The molecule has 0 heterocycles. The zero-order chi connectivity index (χ0) is 17.9. The first kappa shape index (κ1) is 19.1. The van der Waals surface area contributed by atoms with Gasteiger partial charge in [-0.25, -0.2) is 4.79 Å². The van der Waals surface area contributed by atoms with Crippen molar-refractivity contribution in [3.05, 3.63) is 41.5 Å². The minimum Gasteiger partial charge on any atom is -0.463 e. The molecule has 0 unspecified atom stereocenters. The number of ether oxygens (including phenoxy) is 1. The summed E-state index contributed by atoms with van der Waals surface area (Å²) in [6.45, 7) is 3.80. The number of aryl methyl sites for hydroxylation is 1. The standard InChI is InChI=1S/C16H20BrNO5S/c1-3-22-16(19)11-8-13(17)15(18)14(9-11)23-24(20,21)12-6-4-10(2)5-7-12/h4-8,13-15H,3,9,18H2,1-2H3/t13-,14-,15+/m1/s1. The molecule has 1 aromatic rings. The molecule has 0 spiro atoms. The molecule has 0 fully saturated rings. The highest BCUT2D eigenvalue weighted by molar-refractivity contribution is 9.09. The maximum absolute atomic E-state index is 12.4. The summed E-state index contributed by atoms with van der Waals surface area (Å²) in [5, 5.41) is 0. The van der Waals surface area contributed by atoms with Crippen LogP contribution in [0.15, 0.2) is 40.8 Å². The van der Waals surface area contributed by atoms with E-state index in [1.54, 1.807) is 25.1 Å². The molecular weight excluding hydrogens is 398 g/mol. The van der Waals surface area contributed by atoms with Gasteiger partial charge in [0.1, 0.15) is 0 Å². The van der Waals surface area contributed by atoms with Crippen LogP contribution in [0.1, 0.15) is 18.9 Å². The van der Waals surface area contributed by atoms with E-state index in [9.17, 15) is 13.2 Å². The minimum absolute atomic E-state index is 0.0543. The molecule has 1 aliphatic rings. The predicted molar refractivity (Wildman–Crippen MR) is 93.3 cm³/mol. The van der Waals surface area contributed by atoms with Crippen molar-refractivity contribution in [2.45, 2.75) is 42.1 Å². The monoisotopic (exact) mass is 417 g/mol. The Morgan fingerprint density at radius 3 is 2.54 bits per heavy atom. The van der Waals surface area contributed by atoms with Crippen molar-refractivity contribution < 1.29 is 22.1 Å². The van der Waals surface area contributed by atoms with E-state index in [1.807, 2.05) is 6.92 Å². The van der Waals surface area contributed by atoms with E-state index in [0.29, 0.717) is 5.57 Å². The van der Waals surface area contributed by atoms with E-state index in [0.717, 1.165) is 5.56 Å². The summed E-state index contributed by atoms with van der Waals surface area (Å²) in [7, 11) is -3.97. The Morgan fingerprint density at radius 2 is 1.96 bits per heavy atom. The summed E-state index contributed by atoms with van der Waals surface area (Å²) in [5.74, 6) is -0.491. The third-order valence-corrected chi connectivity index (χ3v) is 5.90. The van der Waals surface area contributed by atoms with Crippen LogP contribution in [0, 0.1) is 6.92 Å². The van der Waals surface area contributed by atoms with Crippen LogP contribution in [0.5, 0.6) is 0 Å². The van der Waals surface area contributed by atoms with Gasteiger partial charge in [0, 0.05) is 18.0 Å². The maximum Gasteiger partial charge on any atom is 0.333 e. The number of halogens is 1. The van der Waals surface area contributed by atoms with Gasteiger partial charge in [0.2, 0.25) is 0 Å². The van der Waals surface area contributed by atoms with E-state index in [1.165, 1.54) is 12.1 Å². The van der Waals surface area contributed by atoms with Crippen molar-refractivity contribution in [2.75, 3.05) is 6.61 Å². The van der Waals surface area contributed by atoms with Crippen LogP contribution in [-0.4, -0.2) is 38.0 Å². The average molecular weight is 418 g/mol. The third kappa shape index (κ3) is 4.44. The van der Waals surface area contributed by atoms with Crippen molar-refractivity contribution >= 4 is 32.0 Å². The number of hydrogen-bond donors (Lipinski definition) is 1. The van der Waals surface area contributed by atoms with E-state index < -0.39 is 28.2 Å². The van der Waals surface area contributed by atoms with E-state index in [-0.39, 0.29) is 22.8 Å². The molecular formula is C16H20BrNO5S. The molecule has 0 radical (unpaired) electrons. The summed E-state index contributed by atoms with van der Waals surface area (Å²) >= 11 is 3.34. The first-order chi connectivity index (χ1) is 11.2. The molecule has 1 aromatic carbocycles. The first-order valence-electron chi connectivity index (χ1n) is 7.52. The number of rotatable bonds is 5.